The zero-order chi connectivity index (χ0) is 22.1. The largest absolute Gasteiger partial charge is 0.444 e. The van der Waals surface area contributed by atoms with E-state index in [0.717, 1.165) is 5.56 Å². The van der Waals surface area contributed by atoms with Crippen LogP contribution < -0.4 is 0 Å². The van der Waals surface area contributed by atoms with Crippen LogP contribution in [-0.2, 0) is 9.47 Å². The Hall–Kier alpha value is -1.54. The molecule has 2 atom stereocenters. The van der Waals surface area contributed by atoms with Gasteiger partial charge < -0.3 is 14.4 Å². The van der Waals surface area contributed by atoms with E-state index in [1.807, 2.05) is 48.5 Å². The van der Waals surface area contributed by atoms with Crippen molar-refractivity contribution in [2.75, 3.05) is 13.1 Å². The summed E-state index contributed by atoms with van der Waals surface area (Å²) < 4.78 is 11.7. The van der Waals surface area contributed by atoms with Crippen LogP contribution in [0.5, 0.6) is 0 Å². The summed E-state index contributed by atoms with van der Waals surface area (Å²) in [5.41, 5.74) is -0.496. The average Bonchev–Trinajstić information content (AvgIpc) is 2.49. The third-order valence-corrected chi connectivity index (χ3v) is 4.85. The Labute approximate surface area is 185 Å². The smallest absolute Gasteiger partial charge is 0.410 e. The van der Waals surface area contributed by atoms with Gasteiger partial charge in [-0.05, 0) is 82.1 Å². The number of rotatable bonds is 1. The predicted octanol–water partition coefficient (Wildman–Crippen LogP) is 5.41. The lowest BCUT2D eigenvalue weighted by atomic mass is 9.96. The molecule has 1 saturated heterocycles. The third-order valence-electron chi connectivity index (χ3n) is 4.25. The summed E-state index contributed by atoms with van der Waals surface area (Å²) >= 11 is 9.51. The maximum Gasteiger partial charge on any atom is 0.410 e. The number of aromatic nitrogens is 1. The number of hydrogen-bond donors (Lipinski definition) is 0. The molecular formula is C20H29BrClN3O4. The Bertz CT molecular complexity index is 756. The van der Waals surface area contributed by atoms with Crippen molar-refractivity contribution in [1.82, 2.24) is 14.8 Å². The van der Waals surface area contributed by atoms with Crippen molar-refractivity contribution in [2.45, 2.75) is 71.8 Å². The fraction of sp³-hybridized carbons (Fsp3) is 0.650. The Morgan fingerprint density at radius 3 is 2.00 bits per heavy atom. The van der Waals surface area contributed by atoms with Crippen LogP contribution in [0.25, 0.3) is 0 Å². The van der Waals surface area contributed by atoms with Crippen molar-refractivity contribution in [3.05, 3.63) is 27.5 Å². The SMILES string of the molecule is CC1C(c2cc(Cl)nc(Br)c2)N(C(=O)OC(C)(C)C)CCN1C(=O)OC(C)(C)C. The van der Waals surface area contributed by atoms with E-state index in [1.165, 1.54) is 0 Å². The molecule has 2 rings (SSSR count). The molecule has 1 aromatic rings. The van der Waals surface area contributed by atoms with Gasteiger partial charge in [0.2, 0.25) is 0 Å². The summed E-state index contributed by atoms with van der Waals surface area (Å²) in [7, 11) is 0. The number of pyridine rings is 1. The number of piperazine rings is 1. The molecule has 0 aromatic carbocycles. The first-order valence-electron chi connectivity index (χ1n) is 9.50. The lowest BCUT2D eigenvalue weighted by Gasteiger charge is -2.46. The number of carbonyl (C=O) groups is 2. The molecule has 162 valence electrons. The Morgan fingerprint density at radius 1 is 1.03 bits per heavy atom. The quantitative estimate of drug-likeness (QED) is 0.492. The van der Waals surface area contributed by atoms with E-state index in [9.17, 15) is 9.59 Å². The van der Waals surface area contributed by atoms with Gasteiger partial charge in [-0.1, -0.05) is 11.6 Å². The maximum absolute atomic E-state index is 12.9. The lowest BCUT2D eigenvalue weighted by Crippen LogP contribution is -2.58. The number of ether oxygens (including phenoxy) is 2. The molecule has 0 N–H and O–H groups in total. The second-order valence-corrected chi connectivity index (χ2v) is 10.3. The van der Waals surface area contributed by atoms with E-state index >= 15 is 0 Å². The number of hydrogen-bond acceptors (Lipinski definition) is 5. The topological polar surface area (TPSA) is 72.0 Å². The van der Waals surface area contributed by atoms with E-state index in [-0.39, 0.29) is 6.04 Å². The normalized spacial score (nSPS) is 20.4. The Morgan fingerprint density at radius 2 is 1.52 bits per heavy atom. The van der Waals surface area contributed by atoms with Gasteiger partial charge in [0.25, 0.3) is 0 Å². The highest BCUT2D eigenvalue weighted by atomic mass is 79.9. The number of halogens is 2. The lowest BCUT2D eigenvalue weighted by molar-refractivity contribution is -0.0313. The van der Waals surface area contributed by atoms with Crippen LogP contribution in [0.3, 0.4) is 0 Å². The Kier molecular flexibility index (Phi) is 7.10. The molecule has 0 spiro atoms. The summed E-state index contributed by atoms with van der Waals surface area (Å²) in [4.78, 5) is 33.1. The van der Waals surface area contributed by atoms with Crippen molar-refractivity contribution in [1.29, 1.82) is 0 Å². The molecule has 0 saturated carbocycles. The number of carbonyl (C=O) groups excluding carboxylic acids is 2. The van der Waals surface area contributed by atoms with Crippen LogP contribution in [0.15, 0.2) is 16.7 Å². The van der Waals surface area contributed by atoms with Gasteiger partial charge in [-0.2, -0.15) is 0 Å². The summed E-state index contributed by atoms with van der Waals surface area (Å²) in [5, 5.41) is 0.292. The number of amides is 2. The van der Waals surface area contributed by atoms with Gasteiger partial charge >= 0.3 is 12.2 Å². The number of nitrogens with zero attached hydrogens (tertiary/aromatic N) is 3. The molecule has 2 unspecified atom stereocenters. The second-order valence-electron chi connectivity index (χ2n) is 9.08. The van der Waals surface area contributed by atoms with Gasteiger partial charge in [-0.15, -0.1) is 0 Å². The van der Waals surface area contributed by atoms with Gasteiger partial charge in [0, 0.05) is 13.1 Å². The molecule has 1 aliphatic heterocycles. The summed E-state index contributed by atoms with van der Waals surface area (Å²) in [6.45, 7) is 13.5. The first-order valence-corrected chi connectivity index (χ1v) is 10.7. The molecular weight excluding hydrogens is 462 g/mol. The predicted molar refractivity (Wildman–Crippen MR) is 115 cm³/mol. The molecule has 2 heterocycles. The first-order chi connectivity index (χ1) is 13.2. The fourth-order valence-corrected chi connectivity index (χ4v) is 3.98. The minimum Gasteiger partial charge on any atom is -0.444 e. The maximum atomic E-state index is 12.9. The van der Waals surface area contributed by atoms with Crippen molar-refractivity contribution >= 4 is 39.7 Å². The van der Waals surface area contributed by atoms with Crippen LogP contribution in [-0.4, -0.2) is 57.3 Å². The molecule has 1 fully saturated rings. The van der Waals surface area contributed by atoms with Gasteiger partial charge in [-0.3, -0.25) is 4.90 Å². The summed E-state index contributed by atoms with van der Waals surface area (Å²) in [6, 6.07) is 2.66. The highest BCUT2D eigenvalue weighted by Crippen LogP contribution is 2.35. The molecule has 9 heteroatoms. The fourth-order valence-electron chi connectivity index (χ4n) is 3.21. The second kappa shape index (κ2) is 8.68. The van der Waals surface area contributed by atoms with Crippen molar-refractivity contribution in [2.24, 2.45) is 0 Å². The van der Waals surface area contributed by atoms with Crippen LogP contribution in [0, 0.1) is 0 Å². The Balaban J connectivity index is 2.41. The van der Waals surface area contributed by atoms with Crippen molar-refractivity contribution in [3.63, 3.8) is 0 Å². The average molecular weight is 491 g/mol. The van der Waals surface area contributed by atoms with Gasteiger partial charge in [0.15, 0.2) is 0 Å². The molecule has 7 nitrogen and oxygen atoms in total. The van der Waals surface area contributed by atoms with Crippen LogP contribution >= 0.6 is 27.5 Å². The highest BCUT2D eigenvalue weighted by Gasteiger charge is 2.42. The van der Waals surface area contributed by atoms with Gasteiger partial charge in [0.05, 0.1) is 12.1 Å². The van der Waals surface area contributed by atoms with Crippen LogP contribution in [0.4, 0.5) is 9.59 Å². The molecule has 2 amide bonds. The van der Waals surface area contributed by atoms with E-state index in [0.29, 0.717) is 22.8 Å². The molecule has 1 aliphatic rings. The standard InChI is InChI=1S/C20H29BrClN3O4/c1-12-16(13-10-14(21)23-15(22)11-13)25(18(27)29-20(5,6)7)9-8-24(12)17(26)28-19(2,3)4/h10-12,16H,8-9H2,1-7H3. The van der Waals surface area contributed by atoms with E-state index < -0.39 is 29.4 Å². The van der Waals surface area contributed by atoms with E-state index in [2.05, 4.69) is 20.9 Å². The van der Waals surface area contributed by atoms with E-state index in [1.54, 1.807) is 21.9 Å². The summed E-state index contributed by atoms with van der Waals surface area (Å²) in [5.74, 6) is 0. The van der Waals surface area contributed by atoms with Crippen molar-refractivity contribution < 1.29 is 19.1 Å². The molecule has 29 heavy (non-hydrogen) atoms. The minimum atomic E-state index is -0.635. The molecule has 0 aliphatic carbocycles. The monoisotopic (exact) mass is 489 g/mol. The molecule has 0 bridgehead atoms. The molecule has 1 aromatic heterocycles. The zero-order valence-corrected chi connectivity index (χ0v) is 20.3. The highest BCUT2D eigenvalue weighted by molar-refractivity contribution is 9.10. The van der Waals surface area contributed by atoms with Gasteiger partial charge in [0.1, 0.15) is 21.0 Å². The van der Waals surface area contributed by atoms with Gasteiger partial charge in [-0.25, -0.2) is 14.6 Å². The van der Waals surface area contributed by atoms with Crippen LogP contribution in [0.1, 0.15) is 60.1 Å². The minimum absolute atomic E-state index is 0.292. The first kappa shape index (κ1) is 23.7. The van der Waals surface area contributed by atoms with Crippen molar-refractivity contribution in [3.8, 4) is 0 Å². The third kappa shape index (κ3) is 6.47. The molecule has 0 radical (unpaired) electrons. The van der Waals surface area contributed by atoms with Crippen LogP contribution in [0.2, 0.25) is 5.15 Å². The zero-order valence-electron chi connectivity index (χ0n) is 18.0. The summed E-state index contributed by atoms with van der Waals surface area (Å²) in [6.07, 6.45) is -0.861. The van der Waals surface area contributed by atoms with E-state index in [4.69, 9.17) is 21.1 Å².